The number of rotatable bonds is 3. The number of nitrogens with two attached hydrogens (primary N) is 1. The van der Waals surface area contributed by atoms with Crippen molar-refractivity contribution in [2.45, 2.75) is 6.54 Å². The summed E-state index contributed by atoms with van der Waals surface area (Å²) in [6.07, 6.45) is 1.81. The van der Waals surface area contributed by atoms with Crippen LogP contribution in [0.5, 0.6) is 11.5 Å². The van der Waals surface area contributed by atoms with Crippen LogP contribution in [0.3, 0.4) is 0 Å². The van der Waals surface area contributed by atoms with Crippen LogP contribution >= 0.6 is 12.2 Å². The molecule has 0 saturated carbocycles. The van der Waals surface area contributed by atoms with Gasteiger partial charge in [-0.15, -0.1) is 0 Å². The zero-order chi connectivity index (χ0) is 15.8. The number of thiocarbonyl (C=S) groups is 1. The van der Waals surface area contributed by atoms with Gasteiger partial charge in [0, 0.05) is 24.2 Å². The fourth-order valence-electron chi connectivity index (χ4n) is 2.80. The minimum atomic E-state index is 0.402. The maximum absolute atomic E-state index is 5.82. The highest BCUT2D eigenvalue weighted by atomic mass is 32.1. The molecule has 0 radical (unpaired) electrons. The van der Waals surface area contributed by atoms with Crippen molar-refractivity contribution in [2.75, 3.05) is 13.2 Å². The average Bonchev–Trinajstić information content (AvgIpc) is 2.95. The summed E-state index contributed by atoms with van der Waals surface area (Å²) < 4.78 is 13.3. The van der Waals surface area contributed by atoms with Crippen molar-refractivity contribution in [3.63, 3.8) is 0 Å². The number of hydrogen-bond acceptors (Lipinski definition) is 4. The zero-order valence-electron chi connectivity index (χ0n) is 12.4. The van der Waals surface area contributed by atoms with Gasteiger partial charge in [0.2, 0.25) is 0 Å². The third-order valence-electron chi connectivity index (χ3n) is 3.91. The molecular weight excluding hydrogens is 310 g/mol. The SMILES string of the molecule is NC(=S)c1ccccc1Cn1cnc2cc3c(cc21)OCCO3. The van der Waals surface area contributed by atoms with E-state index in [9.17, 15) is 0 Å². The second kappa shape index (κ2) is 5.55. The first-order valence-corrected chi connectivity index (χ1v) is 7.75. The first-order chi connectivity index (χ1) is 11.2. The van der Waals surface area contributed by atoms with E-state index in [1.165, 1.54) is 0 Å². The summed E-state index contributed by atoms with van der Waals surface area (Å²) in [5.41, 5.74) is 9.64. The molecule has 4 rings (SSSR count). The molecule has 1 aliphatic heterocycles. The number of aromatic nitrogens is 2. The summed E-state index contributed by atoms with van der Waals surface area (Å²) in [6.45, 7) is 1.78. The smallest absolute Gasteiger partial charge is 0.163 e. The van der Waals surface area contributed by atoms with E-state index in [2.05, 4.69) is 9.55 Å². The third kappa shape index (κ3) is 2.51. The van der Waals surface area contributed by atoms with Crippen LogP contribution < -0.4 is 15.2 Å². The second-order valence-electron chi connectivity index (χ2n) is 5.38. The van der Waals surface area contributed by atoms with Gasteiger partial charge < -0.3 is 19.8 Å². The van der Waals surface area contributed by atoms with Crippen molar-refractivity contribution < 1.29 is 9.47 Å². The molecule has 0 bridgehead atoms. The molecule has 5 nitrogen and oxygen atoms in total. The van der Waals surface area contributed by atoms with Gasteiger partial charge in [0.15, 0.2) is 11.5 Å². The van der Waals surface area contributed by atoms with Crippen molar-refractivity contribution in [2.24, 2.45) is 5.73 Å². The second-order valence-corrected chi connectivity index (χ2v) is 5.82. The van der Waals surface area contributed by atoms with Gasteiger partial charge in [0.05, 0.1) is 17.4 Å². The molecule has 116 valence electrons. The molecule has 0 aliphatic carbocycles. The number of ether oxygens (including phenoxy) is 2. The molecule has 23 heavy (non-hydrogen) atoms. The summed E-state index contributed by atoms with van der Waals surface area (Å²) in [7, 11) is 0. The van der Waals surface area contributed by atoms with E-state index in [1.54, 1.807) is 0 Å². The number of hydrogen-bond donors (Lipinski definition) is 1. The average molecular weight is 325 g/mol. The molecule has 1 aromatic heterocycles. The Labute approximate surface area is 138 Å². The minimum absolute atomic E-state index is 0.402. The van der Waals surface area contributed by atoms with Crippen molar-refractivity contribution in [1.82, 2.24) is 9.55 Å². The molecule has 2 heterocycles. The van der Waals surface area contributed by atoms with E-state index in [4.69, 9.17) is 27.4 Å². The highest BCUT2D eigenvalue weighted by Crippen LogP contribution is 2.34. The molecule has 2 aromatic carbocycles. The van der Waals surface area contributed by atoms with Gasteiger partial charge in [0.1, 0.15) is 18.2 Å². The van der Waals surface area contributed by atoms with Crippen molar-refractivity contribution in [1.29, 1.82) is 0 Å². The standard InChI is InChI=1S/C17H15N3O2S/c18-17(23)12-4-2-1-3-11(12)9-20-10-19-13-7-15-16(8-14(13)20)22-6-5-21-15/h1-4,7-8,10H,5-6,9H2,(H2,18,23). The predicted octanol–water partition coefficient (Wildman–Crippen LogP) is 2.49. The largest absolute Gasteiger partial charge is 0.486 e. The Morgan fingerprint density at radius 1 is 1.17 bits per heavy atom. The summed E-state index contributed by atoms with van der Waals surface area (Å²) in [4.78, 5) is 4.86. The number of benzene rings is 2. The Morgan fingerprint density at radius 2 is 1.91 bits per heavy atom. The summed E-state index contributed by atoms with van der Waals surface area (Å²) in [5, 5.41) is 0. The molecule has 2 N–H and O–H groups in total. The first kappa shape index (κ1) is 14.0. The monoisotopic (exact) mass is 325 g/mol. The van der Waals surface area contributed by atoms with Crippen LogP contribution in [-0.4, -0.2) is 27.8 Å². The topological polar surface area (TPSA) is 62.3 Å². The lowest BCUT2D eigenvalue weighted by atomic mass is 10.1. The van der Waals surface area contributed by atoms with Crippen LogP contribution in [0.4, 0.5) is 0 Å². The van der Waals surface area contributed by atoms with Gasteiger partial charge in [-0.1, -0.05) is 36.5 Å². The van der Waals surface area contributed by atoms with Gasteiger partial charge in [-0.2, -0.15) is 0 Å². The van der Waals surface area contributed by atoms with E-state index in [-0.39, 0.29) is 0 Å². The maximum atomic E-state index is 5.82. The van der Waals surface area contributed by atoms with Gasteiger partial charge in [0.25, 0.3) is 0 Å². The predicted molar refractivity (Wildman–Crippen MR) is 92.2 cm³/mol. The number of imidazole rings is 1. The van der Waals surface area contributed by atoms with Crippen LogP contribution in [0.1, 0.15) is 11.1 Å². The Bertz CT molecular complexity index is 904. The Balaban J connectivity index is 1.77. The Kier molecular flexibility index (Phi) is 3.38. The van der Waals surface area contributed by atoms with Crippen molar-refractivity contribution in [3.8, 4) is 11.5 Å². The lowest BCUT2D eigenvalue weighted by molar-refractivity contribution is 0.172. The highest BCUT2D eigenvalue weighted by Gasteiger charge is 2.16. The third-order valence-corrected chi connectivity index (χ3v) is 4.13. The van der Waals surface area contributed by atoms with Crippen LogP contribution in [-0.2, 0) is 6.54 Å². The van der Waals surface area contributed by atoms with Gasteiger partial charge >= 0.3 is 0 Å². The first-order valence-electron chi connectivity index (χ1n) is 7.34. The number of fused-ring (bicyclic) bond motifs is 2. The van der Waals surface area contributed by atoms with Crippen LogP contribution in [0.15, 0.2) is 42.7 Å². The fourth-order valence-corrected chi connectivity index (χ4v) is 3.00. The van der Waals surface area contributed by atoms with Crippen molar-refractivity contribution >= 4 is 28.2 Å². The quantitative estimate of drug-likeness (QED) is 0.750. The lowest BCUT2D eigenvalue weighted by Crippen LogP contribution is -2.15. The summed E-state index contributed by atoms with van der Waals surface area (Å²) in [5.74, 6) is 1.51. The van der Waals surface area contributed by atoms with Crippen LogP contribution in [0.25, 0.3) is 11.0 Å². The molecular formula is C17H15N3O2S. The lowest BCUT2D eigenvalue weighted by Gasteiger charge is -2.18. The van der Waals surface area contributed by atoms with Crippen molar-refractivity contribution in [3.05, 3.63) is 53.9 Å². The zero-order valence-corrected chi connectivity index (χ0v) is 13.2. The van der Waals surface area contributed by atoms with Crippen LogP contribution in [0, 0.1) is 0 Å². The number of nitrogens with zero attached hydrogens (tertiary/aromatic N) is 2. The molecule has 1 aliphatic rings. The molecule has 0 fully saturated rings. The highest BCUT2D eigenvalue weighted by molar-refractivity contribution is 7.80. The van der Waals surface area contributed by atoms with E-state index < -0.39 is 0 Å². The maximum Gasteiger partial charge on any atom is 0.163 e. The van der Waals surface area contributed by atoms with Gasteiger partial charge in [-0.25, -0.2) is 4.98 Å². The van der Waals surface area contributed by atoms with E-state index in [0.717, 1.165) is 33.7 Å². The van der Waals surface area contributed by atoms with E-state index in [0.29, 0.717) is 24.7 Å². The fraction of sp³-hybridized carbons (Fsp3) is 0.176. The molecule has 0 spiro atoms. The molecule has 0 unspecified atom stereocenters. The minimum Gasteiger partial charge on any atom is -0.486 e. The molecule has 0 amide bonds. The molecule has 6 heteroatoms. The van der Waals surface area contributed by atoms with E-state index >= 15 is 0 Å². The molecule has 3 aromatic rings. The van der Waals surface area contributed by atoms with Gasteiger partial charge in [-0.05, 0) is 5.56 Å². The normalized spacial score (nSPS) is 13.2. The van der Waals surface area contributed by atoms with E-state index in [1.807, 2.05) is 42.7 Å². The molecule has 0 atom stereocenters. The Morgan fingerprint density at radius 3 is 2.70 bits per heavy atom. The Hall–Kier alpha value is -2.60. The van der Waals surface area contributed by atoms with Gasteiger partial charge in [-0.3, -0.25) is 0 Å². The van der Waals surface area contributed by atoms with Crippen LogP contribution in [0.2, 0.25) is 0 Å². The summed E-state index contributed by atoms with van der Waals surface area (Å²) in [6, 6.07) is 11.8. The molecule has 0 saturated heterocycles. The summed E-state index contributed by atoms with van der Waals surface area (Å²) >= 11 is 5.14.